The molecule has 1 unspecified atom stereocenters. The van der Waals surface area contributed by atoms with E-state index in [1.807, 2.05) is 12.1 Å². The summed E-state index contributed by atoms with van der Waals surface area (Å²) in [6.45, 7) is 3.01. The molecule has 0 bridgehead atoms. The fraction of sp³-hybridized carbons (Fsp3) is 0.625. The molecule has 1 atom stereocenters. The van der Waals surface area contributed by atoms with E-state index in [4.69, 9.17) is 0 Å². The molecule has 0 aromatic heterocycles. The van der Waals surface area contributed by atoms with E-state index in [1.165, 1.54) is 38.4 Å². The lowest BCUT2D eigenvalue weighted by Gasteiger charge is -2.31. The third kappa shape index (κ3) is 3.83. The minimum Gasteiger partial charge on any atom is -0.310 e. The normalized spacial score (nSPS) is 18.9. The largest absolute Gasteiger partial charge is 0.310 e. The molecule has 0 spiro atoms. The Hall–Kier alpha value is -0.870. The zero-order valence-electron chi connectivity index (χ0n) is 12.4. The van der Waals surface area contributed by atoms with Crippen molar-refractivity contribution in [3.05, 3.63) is 29.8 Å². The van der Waals surface area contributed by atoms with Crippen molar-refractivity contribution in [2.45, 2.75) is 50.0 Å². The van der Waals surface area contributed by atoms with Crippen LogP contribution in [-0.4, -0.2) is 21.2 Å². The minimum atomic E-state index is -3.13. The highest BCUT2D eigenvalue weighted by molar-refractivity contribution is 7.90. The van der Waals surface area contributed by atoms with Crippen LogP contribution in [0.1, 0.15) is 50.6 Å². The lowest BCUT2D eigenvalue weighted by atomic mass is 9.81. The van der Waals surface area contributed by atoms with Crippen molar-refractivity contribution in [3.63, 3.8) is 0 Å². The first-order valence-electron chi connectivity index (χ1n) is 7.55. The van der Waals surface area contributed by atoms with Crippen LogP contribution in [-0.2, 0) is 9.84 Å². The Labute approximate surface area is 122 Å². The highest BCUT2D eigenvalue weighted by atomic mass is 32.2. The first-order valence-corrected chi connectivity index (χ1v) is 9.45. The predicted octanol–water partition coefficient (Wildman–Crippen LogP) is 3.32. The first-order chi connectivity index (χ1) is 9.52. The monoisotopic (exact) mass is 295 g/mol. The molecule has 0 heterocycles. The molecule has 4 heteroatoms. The molecule has 1 aromatic rings. The summed E-state index contributed by atoms with van der Waals surface area (Å²) in [6, 6.07) is 7.72. The van der Waals surface area contributed by atoms with E-state index in [0.29, 0.717) is 10.8 Å². The summed E-state index contributed by atoms with van der Waals surface area (Å²) in [4.78, 5) is 0.425. The summed E-state index contributed by atoms with van der Waals surface area (Å²) in [5.74, 6) is 0.624. The number of rotatable bonds is 5. The number of sulfone groups is 1. The zero-order valence-corrected chi connectivity index (χ0v) is 13.2. The Morgan fingerprint density at radius 3 is 2.55 bits per heavy atom. The number of hydrogen-bond acceptors (Lipinski definition) is 3. The van der Waals surface area contributed by atoms with E-state index in [9.17, 15) is 8.42 Å². The summed E-state index contributed by atoms with van der Waals surface area (Å²) in [5.41, 5.74) is 1.11. The maximum Gasteiger partial charge on any atom is 0.175 e. The van der Waals surface area contributed by atoms with Crippen LogP contribution in [0.2, 0.25) is 0 Å². The molecule has 2 rings (SSSR count). The third-order valence-corrected chi connectivity index (χ3v) is 5.30. The van der Waals surface area contributed by atoms with Crippen molar-refractivity contribution >= 4 is 9.84 Å². The molecule has 1 fully saturated rings. The molecule has 0 amide bonds. The Morgan fingerprint density at radius 1 is 1.25 bits per heavy atom. The van der Waals surface area contributed by atoms with E-state index in [-0.39, 0.29) is 6.04 Å². The van der Waals surface area contributed by atoms with Gasteiger partial charge in [-0.25, -0.2) is 8.42 Å². The summed E-state index contributed by atoms with van der Waals surface area (Å²) >= 11 is 0. The summed E-state index contributed by atoms with van der Waals surface area (Å²) in [5, 5.41) is 3.55. The van der Waals surface area contributed by atoms with Gasteiger partial charge in [-0.2, -0.15) is 0 Å². The van der Waals surface area contributed by atoms with Gasteiger partial charge < -0.3 is 5.32 Å². The first kappa shape index (κ1) is 15.5. The Kier molecular flexibility index (Phi) is 5.22. The van der Waals surface area contributed by atoms with Gasteiger partial charge in [-0.3, -0.25) is 0 Å². The van der Waals surface area contributed by atoms with Gasteiger partial charge in [-0.05, 0) is 43.0 Å². The van der Waals surface area contributed by atoms with Crippen LogP contribution in [0, 0.1) is 5.92 Å². The van der Waals surface area contributed by atoms with Crippen LogP contribution in [0.3, 0.4) is 0 Å². The quantitative estimate of drug-likeness (QED) is 0.906. The average Bonchev–Trinajstić information content (AvgIpc) is 2.45. The number of hydrogen-bond donors (Lipinski definition) is 1. The Balaban J connectivity index is 2.28. The van der Waals surface area contributed by atoms with Gasteiger partial charge in [0.1, 0.15) is 0 Å². The van der Waals surface area contributed by atoms with Gasteiger partial charge in [-0.15, -0.1) is 0 Å². The van der Waals surface area contributed by atoms with E-state index < -0.39 is 9.84 Å². The van der Waals surface area contributed by atoms with Crippen molar-refractivity contribution in [2.75, 3.05) is 12.8 Å². The zero-order chi connectivity index (χ0) is 14.6. The van der Waals surface area contributed by atoms with E-state index in [2.05, 4.69) is 18.3 Å². The van der Waals surface area contributed by atoms with Gasteiger partial charge >= 0.3 is 0 Å². The molecule has 1 aliphatic rings. The van der Waals surface area contributed by atoms with E-state index in [1.54, 1.807) is 6.07 Å². The molecule has 1 N–H and O–H groups in total. The van der Waals surface area contributed by atoms with Gasteiger partial charge in [-0.1, -0.05) is 38.3 Å². The summed E-state index contributed by atoms with van der Waals surface area (Å²) in [6.07, 6.45) is 7.66. The second-order valence-corrected chi connectivity index (χ2v) is 7.79. The molecular weight excluding hydrogens is 270 g/mol. The molecule has 0 radical (unpaired) electrons. The minimum absolute atomic E-state index is 0.280. The SMILES string of the molecule is CCNC(c1cccc(S(C)(=O)=O)c1)C1CCCCC1. The van der Waals surface area contributed by atoms with Crippen molar-refractivity contribution in [2.24, 2.45) is 5.92 Å². The van der Waals surface area contributed by atoms with Gasteiger partial charge in [0.05, 0.1) is 4.90 Å². The van der Waals surface area contributed by atoms with Crippen LogP contribution < -0.4 is 5.32 Å². The molecule has 3 nitrogen and oxygen atoms in total. The lowest BCUT2D eigenvalue weighted by Crippen LogP contribution is -2.29. The molecule has 1 aromatic carbocycles. The number of nitrogens with one attached hydrogen (secondary N) is 1. The van der Waals surface area contributed by atoms with Gasteiger partial charge in [0.2, 0.25) is 0 Å². The van der Waals surface area contributed by atoms with E-state index in [0.717, 1.165) is 12.1 Å². The summed E-state index contributed by atoms with van der Waals surface area (Å²) in [7, 11) is -3.13. The standard InChI is InChI=1S/C16H25NO2S/c1-3-17-16(13-8-5-4-6-9-13)14-10-7-11-15(12-14)20(2,18)19/h7,10-13,16-17H,3-6,8-9H2,1-2H3. The predicted molar refractivity (Wildman–Crippen MR) is 82.5 cm³/mol. The molecule has 1 saturated carbocycles. The maximum atomic E-state index is 11.7. The van der Waals surface area contributed by atoms with Crippen LogP contribution in [0.5, 0.6) is 0 Å². The van der Waals surface area contributed by atoms with Gasteiger partial charge in [0.15, 0.2) is 9.84 Å². The van der Waals surface area contributed by atoms with Crippen molar-refractivity contribution in [1.82, 2.24) is 5.32 Å². The second kappa shape index (κ2) is 6.72. The fourth-order valence-corrected chi connectivity index (χ4v) is 3.86. The van der Waals surface area contributed by atoms with Gasteiger partial charge in [0, 0.05) is 12.3 Å². The average molecular weight is 295 g/mol. The molecule has 0 aliphatic heterocycles. The molecular formula is C16H25NO2S. The van der Waals surface area contributed by atoms with Crippen molar-refractivity contribution in [1.29, 1.82) is 0 Å². The lowest BCUT2D eigenvalue weighted by molar-refractivity contribution is 0.274. The van der Waals surface area contributed by atoms with Crippen LogP contribution in [0.25, 0.3) is 0 Å². The fourth-order valence-electron chi connectivity index (χ4n) is 3.18. The third-order valence-electron chi connectivity index (χ3n) is 4.19. The maximum absolute atomic E-state index is 11.7. The van der Waals surface area contributed by atoms with E-state index >= 15 is 0 Å². The Bertz CT molecular complexity index is 533. The smallest absolute Gasteiger partial charge is 0.175 e. The second-order valence-electron chi connectivity index (χ2n) is 5.78. The molecule has 0 saturated heterocycles. The van der Waals surface area contributed by atoms with Crippen molar-refractivity contribution < 1.29 is 8.42 Å². The van der Waals surface area contributed by atoms with Crippen molar-refractivity contribution in [3.8, 4) is 0 Å². The van der Waals surface area contributed by atoms with Gasteiger partial charge in [0.25, 0.3) is 0 Å². The Morgan fingerprint density at radius 2 is 1.95 bits per heavy atom. The molecule has 20 heavy (non-hydrogen) atoms. The highest BCUT2D eigenvalue weighted by Gasteiger charge is 2.25. The van der Waals surface area contributed by atoms with Crippen LogP contribution in [0.15, 0.2) is 29.2 Å². The van der Waals surface area contributed by atoms with Crippen LogP contribution in [0.4, 0.5) is 0 Å². The van der Waals surface area contributed by atoms with Crippen LogP contribution >= 0.6 is 0 Å². The number of benzene rings is 1. The topological polar surface area (TPSA) is 46.2 Å². The molecule has 112 valence electrons. The highest BCUT2D eigenvalue weighted by Crippen LogP contribution is 2.34. The summed E-state index contributed by atoms with van der Waals surface area (Å²) < 4.78 is 23.4. The molecule has 1 aliphatic carbocycles.